The number of anilines is 1. The lowest BCUT2D eigenvalue weighted by atomic mass is 9.82. The van der Waals surface area contributed by atoms with Crippen LogP contribution in [0.3, 0.4) is 0 Å². The highest BCUT2D eigenvalue weighted by Crippen LogP contribution is 2.31. The van der Waals surface area contributed by atoms with Crippen molar-refractivity contribution in [1.82, 2.24) is 0 Å². The van der Waals surface area contributed by atoms with E-state index in [0.29, 0.717) is 10.7 Å². The zero-order valence-corrected chi connectivity index (χ0v) is 12.7. The van der Waals surface area contributed by atoms with E-state index in [1.165, 1.54) is 0 Å². The van der Waals surface area contributed by atoms with Crippen LogP contribution in [-0.2, 0) is 4.79 Å². The summed E-state index contributed by atoms with van der Waals surface area (Å²) in [6.07, 6.45) is 4.26. The third-order valence-electron chi connectivity index (χ3n) is 3.57. The number of carbonyl (C=O) groups is 1. The van der Waals surface area contributed by atoms with Gasteiger partial charge in [0.1, 0.15) is 0 Å². The monoisotopic (exact) mass is 329 g/mol. The molecular weight excluding hydrogens is 314 g/mol. The summed E-state index contributed by atoms with van der Waals surface area (Å²) in [5, 5.41) is 3.51. The Kier molecular flexibility index (Phi) is 4.68. The Morgan fingerprint density at radius 2 is 2.00 bits per heavy atom. The fourth-order valence-electron chi connectivity index (χ4n) is 2.35. The van der Waals surface area contributed by atoms with Gasteiger partial charge in [0, 0.05) is 10.4 Å². The standard InChI is InChI=1S/C14H17BrClNO/c1-9-2-4-10(5-3-9)14(18)17-13-8-11(15)6-7-12(13)16/h6-10H,2-5H2,1H3,(H,17,18). The Morgan fingerprint density at radius 1 is 1.33 bits per heavy atom. The molecule has 1 aliphatic rings. The summed E-state index contributed by atoms with van der Waals surface area (Å²) in [5.41, 5.74) is 0.690. The van der Waals surface area contributed by atoms with Gasteiger partial charge < -0.3 is 5.32 Å². The van der Waals surface area contributed by atoms with E-state index in [1.54, 1.807) is 6.07 Å². The van der Waals surface area contributed by atoms with Crippen LogP contribution in [0.5, 0.6) is 0 Å². The molecule has 1 saturated carbocycles. The highest BCUT2D eigenvalue weighted by molar-refractivity contribution is 9.10. The van der Waals surface area contributed by atoms with Crippen LogP contribution in [0.1, 0.15) is 32.6 Å². The minimum atomic E-state index is 0.0990. The van der Waals surface area contributed by atoms with E-state index in [4.69, 9.17) is 11.6 Å². The first-order valence-electron chi connectivity index (χ1n) is 6.32. The third kappa shape index (κ3) is 3.48. The van der Waals surface area contributed by atoms with Gasteiger partial charge in [-0.3, -0.25) is 4.79 Å². The number of halogens is 2. The quantitative estimate of drug-likeness (QED) is 0.823. The van der Waals surface area contributed by atoms with Crippen LogP contribution in [0.25, 0.3) is 0 Å². The summed E-state index contributed by atoms with van der Waals surface area (Å²) in [6.45, 7) is 2.25. The SMILES string of the molecule is CC1CCC(C(=O)Nc2cc(Br)ccc2Cl)CC1. The van der Waals surface area contributed by atoms with Crippen LogP contribution in [0, 0.1) is 11.8 Å². The van der Waals surface area contributed by atoms with E-state index in [1.807, 2.05) is 12.1 Å². The average Bonchev–Trinajstić information content (AvgIpc) is 2.34. The molecule has 18 heavy (non-hydrogen) atoms. The minimum absolute atomic E-state index is 0.0990. The molecule has 0 aromatic heterocycles. The van der Waals surface area contributed by atoms with Crippen LogP contribution in [0.15, 0.2) is 22.7 Å². The smallest absolute Gasteiger partial charge is 0.227 e. The van der Waals surface area contributed by atoms with Crippen LogP contribution < -0.4 is 5.32 Å². The van der Waals surface area contributed by atoms with Gasteiger partial charge in [-0.1, -0.05) is 34.5 Å². The lowest BCUT2D eigenvalue weighted by Crippen LogP contribution is -2.26. The number of hydrogen-bond acceptors (Lipinski definition) is 1. The Labute approximate surface area is 121 Å². The molecule has 0 spiro atoms. The number of nitrogens with one attached hydrogen (secondary N) is 1. The first kappa shape index (κ1) is 13.9. The number of benzene rings is 1. The predicted molar refractivity (Wildman–Crippen MR) is 78.9 cm³/mol. The summed E-state index contributed by atoms with van der Waals surface area (Å²) >= 11 is 9.45. The van der Waals surface area contributed by atoms with Crippen molar-refractivity contribution >= 4 is 39.1 Å². The molecule has 2 nitrogen and oxygen atoms in total. The van der Waals surface area contributed by atoms with Crippen molar-refractivity contribution in [1.29, 1.82) is 0 Å². The summed E-state index contributed by atoms with van der Waals surface area (Å²) in [4.78, 5) is 12.2. The second-order valence-electron chi connectivity index (χ2n) is 5.07. The maximum absolute atomic E-state index is 12.2. The molecule has 0 unspecified atom stereocenters. The van der Waals surface area contributed by atoms with Gasteiger partial charge in [0.15, 0.2) is 0 Å². The fourth-order valence-corrected chi connectivity index (χ4v) is 2.88. The van der Waals surface area contributed by atoms with Crippen LogP contribution in [-0.4, -0.2) is 5.91 Å². The van der Waals surface area contributed by atoms with Gasteiger partial charge in [-0.15, -0.1) is 0 Å². The van der Waals surface area contributed by atoms with Gasteiger partial charge in [0.05, 0.1) is 10.7 Å². The number of carbonyl (C=O) groups excluding carboxylic acids is 1. The normalized spacial score (nSPS) is 23.7. The number of rotatable bonds is 2. The number of amides is 1. The summed E-state index contributed by atoms with van der Waals surface area (Å²) < 4.78 is 0.916. The van der Waals surface area contributed by atoms with Crippen molar-refractivity contribution in [3.8, 4) is 0 Å². The van der Waals surface area contributed by atoms with Gasteiger partial charge in [0.25, 0.3) is 0 Å². The minimum Gasteiger partial charge on any atom is -0.324 e. The molecule has 1 aliphatic carbocycles. The highest BCUT2D eigenvalue weighted by atomic mass is 79.9. The van der Waals surface area contributed by atoms with Crippen LogP contribution in [0.4, 0.5) is 5.69 Å². The van der Waals surface area contributed by atoms with Gasteiger partial charge in [0.2, 0.25) is 5.91 Å². The van der Waals surface area contributed by atoms with Crippen LogP contribution in [0.2, 0.25) is 5.02 Å². The van der Waals surface area contributed by atoms with Crippen molar-refractivity contribution in [2.24, 2.45) is 11.8 Å². The van der Waals surface area contributed by atoms with E-state index < -0.39 is 0 Å². The van der Waals surface area contributed by atoms with Crippen molar-refractivity contribution in [3.63, 3.8) is 0 Å². The lowest BCUT2D eigenvalue weighted by Gasteiger charge is -2.25. The molecule has 2 rings (SSSR count). The molecule has 98 valence electrons. The second-order valence-corrected chi connectivity index (χ2v) is 6.39. The molecule has 0 aliphatic heterocycles. The molecule has 1 fully saturated rings. The molecule has 0 radical (unpaired) electrons. The topological polar surface area (TPSA) is 29.1 Å². The molecule has 1 aromatic carbocycles. The average molecular weight is 331 g/mol. The largest absolute Gasteiger partial charge is 0.324 e. The third-order valence-corrected chi connectivity index (χ3v) is 4.40. The molecule has 1 N–H and O–H groups in total. The molecule has 0 atom stereocenters. The zero-order chi connectivity index (χ0) is 13.1. The molecule has 0 heterocycles. The van der Waals surface area contributed by atoms with Gasteiger partial charge in [-0.2, -0.15) is 0 Å². The van der Waals surface area contributed by atoms with Crippen molar-refractivity contribution in [2.75, 3.05) is 5.32 Å². The Morgan fingerprint density at radius 3 is 2.67 bits per heavy atom. The van der Waals surface area contributed by atoms with Gasteiger partial charge in [-0.25, -0.2) is 0 Å². The van der Waals surface area contributed by atoms with E-state index >= 15 is 0 Å². The zero-order valence-electron chi connectivity index (χ0n) is 10.4. The first-order valence-corrected chi connectivity index (χ1v) is 7.49. The van der Waals surface area contributed by atoms with E-state index in [0.717, 1.165) is 36.1 Å². The summed E-state index contributed by atoms with van der Waals surface area (Å²) in [6, 6.07) is 5.48. The lowest BCUT2D eigenvalue weighted by molar-refractivity contribution is -0.121. The van der Waals surface area contributed by atoms with Crippen molar-refractivity contribution in [2.45, 2.75) is 32.6 Å². The Balaban J connectivity index is 2.00. The summed E-state index contributed by atoms with van der Waals surface area (Å²) in [7, 11) is 0. The predicted octanol–water partition coefficient (Wildman–Crippen LogP) is 4.87. The van der Waals surface area contributed by atoms with Crippen molar-refractivity contribution in [3.05, 3.63) is 27.7 Å². The molecule has 0 bridgehead atoms. The summed E-state index contributed by atoms with van der Waals surface area (Å²) in [5.74, 6) is 0.988. The van der Waals surface area contributed by atoms with E-state index in [-0.39, 0.29) is 11.8 Å². The number of hydrogen-bond donors (Lipinski definition) is 1. The molecule has 0 saturated heterocycles. The first-order chi connectivity index (χ1) is 8.56. The fraction of sp³-hybridized carbons (Fsp3) is 0.500. The second kappa shape index (κ2) is 6.07. The van der Waals surface area contributed by atoms with E-state index in [2.05, 4.69) is 28.2 Å². The highest BCUT2D eigenvalue weighted by Gasteiger charge is 2.24. The van der Waals surface area contributed by atoms with Crippen LogP contribution >= 0.6 is 27.5 Å². The molecular formula is C14H17BrClNO. The molecule has 1 amide bonds. The van der Waals surface area contributed by atoms with Crippen molar-refractivity contribution < 1.29 is 4.79 Å². The van der Waals surface area contributed by atoms with Gasteiger partial charge >= 0.3 is 0 Å². The maximum Gasteiger partial charge on any atom is 0.227 e. The molecule has 4 heteroatoms. The van der Waals surface area contributed by atoms with Gasteiger partial charge in [-0.05, 0) is 49.8 Å². The maximum atomic E-state index is 12.2. The van der Waals surface area contributed by atoms with E-state index in [9.17, 15) is 4.79 Å². The Bertz CT molecular complexity index is 441. The molecule has 1 aromatic rings. The Hall–Kier alpha value is -0.540.